The first-order chi connectivity index (χ1) is 15.2. The Bertz CT molecular complexity index is 1050. The second kappa shape index (κ2) is 8.74. The smallest absolute Gasteiger partial charge is 0.231 e. The molecule has 7 nitrogen and oxygen atoms in total. The molecule has 31 heavy (non-hydrogen) atoms. The van der Waals surface area contributed by atoms with Crippen molar-refractivity contribution in [3.63, 3.8) is 0 Å². The van der Waals surface area contributed by atoms with Crippen molar-refractivity contribution in [2.24, 2.45) is 0 Å². The molecule has 3 heterocycles. The lowest BCUT2D eigenvalue weighted by molar-refractivity contribution is 0.120. The highest BCUT2D eigenvalue weighted by Gasteiger charge is 2.22. The first-order valence-electron chi connectivity index (χ1n) is 10.3. The molecule has 162 valence electrons. The van der Waals surface area contributed by atoms with Gasteiger partial charge in [-0.15, -0.1) is 11.3 Å². The van der Waals surface area contributed by atoms with Crippen LogP contribution in [0.5, 0.6) is 23.0 Å². The topological polar surface area (TPSA) is 67.3 Å². The van der Waals surface area contributed by atoms with Gasteiger partial charge in [-0.05, 0) is 30.3 Å². The van der Waals surface area contributed by atoms with Crippen molar-refractivity contribution in [2.75, 3.05) is 40.1 Å². The van der Waals surface area contributed by atoms with Crippen molar-refractivity contribution in [1.29, 1.82) is 0 Å². The van der Waals surface area contributed by atoms with Crippen molar-refractivity contribution in [1.82, 2.24) is 14.8 Å². The summed E-state index contributed by atoms with van der Waals surface area (Å²) in [7, 11) is 1.67. The maximum atomic E-state index is 10.3. The van der Waals surface area contributed by atoms with Gasteiger partial charge in [0.05, 0.1) is 12.8 Å². The number of hydrogen-bond donors (Lipinski definition) is 1. The van der Waals surface area contributed by atoms with E-state index in [0.717, 1.165) is 60.3 Å². The molecular weight excluding hydrogens is 414 g/mol. The number of aromatic hydroxyl groups is 1. The molecule has 0 amide bonds. The molecule has 1 saturated heterocycles. The third-order valence-corrected chi connectivity index (χ3v) is 6.65. The third kappa shape index (κ3) is 4.46. The minimum atomic E-state index is 0.216. The summed E-state index contributed by atoms with van der Waals surface area (Å²) < 4.78 is 16.0. The van der Waals surface area contributed by atoms with E-state index in [4.69, 9.17) is 19.2 Å². The predicted molar refractivity (Wildman–Crippen MR) is 119 cm³/mol. The molecule has 5 rings (SSSR count). The minimum absolute atomic E-state index is 0.216. The second-order valence-corrected chi connectivity index (χ2v) is 8.62. The Morgan fingerprint density at radius 3 is 2.39 bits per heavy atom. The number of ether oxygens (including phenoxy) is 3. The van der Waals surface area contributed by atoms with Crippen molar-refractivity contribution >= 4 is 11.3 Å². The summed E-state index contributed by atoms with van der Waals surface area (Å²) in [4.78, 5) is 9.62. The fourth-order valence-corrected chi connectivity index (χ4v) is 4.74. The summed E-state index contributed by atoms with van der Waals surface area (Å²) in [6.45, 7) is 5.62. The highest BCUT2D eigenvalue weighted by molar-refractivity contribution is 7.13. The van der Waals surface area contributed by atoms with E-state index < -0.39 is 0 Å². The van der Waals surface area contributed by atoms with E-state index in [-0.39, 0.29) is 12.5 Å². The minimum Gasteiger partial charge on any atom is -0.507 e. The molecule has 0 bridgehead atoms. The number of rotatable bonds is 6. The number of benzene rings is 2. The van der Waals surface area contributed by atoms with Gasteiger partial charge in [0.1, 0.15) is 16.5 Å². The van der Waals surface area contributed by atoms with Crippen molar-refractivity contribution < 1.29 is 19.3 Å². The summed E-state index contributed by atoms with van der Waals surface area (Å²) >= 11 is 1.68. The van der Waals surface area contributed by atoms with Crippen LogP contribution >= 0.6 is 11.3 Å². The van der Waals surface area contributed by atoms with Gasteiger partial charge in [0.15, 0.2) is 11.5 Å². The van der Waals surface area contributed by atoms with Gasteiger partial charge >= 0.3 is 0 Å². The lowest BCUT2D eigenvalue weighted by Gasteiger charge is -2.34. The fourth-order valence-electron chi connectivity index (χ4n) is 3.92. The Labute approximate surface area is 185 Å². The molecule has 3 aromatic rings. The molecule has 0 unspecified atom stereocenters. The van der Waals surface area contributed by atoms with E-state index >= 15 is 0 Å². The molecule has 0 radical (unpaired) electrons. The maximum Gasteiger partial charge on any atom is 0.231 e. The third-order valence-electron chi connectivity index (χ3n) is 5.71. The molecule has 8 heteroatoms. The lowest BCUT2D eigenvalue weighted by atomic mass is 10.1. The fraction of sp³-hybridized carbons (Fsp3) is 0.348. The summed E-state index contributed by atoms with van der Waals surface area (Å²) in [5, 5.41) is 13.5. The molecule has 0 atom stereocenters. The van der Waals surface area contributed by atoms with Crippen molar-refractivity contribution in [2.45, 2.75) is 13.1 Å². The molecule has 0 saturated carbocycles. The van der Waals surface area contributed by atoms with Crippen LogP contribution in [0.3, 0.4) is 0 Å². The van der Waals surface area contributed by atoms with Gasteiger partial charge in [0, 0.05) is 61.8 Å². The number of phenolic OH excluding ortho intramolecular Hbond substituents is 1. The monoisotopic (exact) mass is 439 g/mol. The van der Waals surface area contributed by atoms with E-state index in [0.29, 0.717) is 18.0 Å². The molecule has 2 aromatic carbocycles. The van der Waals surface area contributed by atoms with Gasteiger partial charge in [-0.25, -0.2) is 4.98 Å². The van der Waals surface area contributed by atoms with Crippen LogP contribution in [0.25, 0.3) is 10.6 Å². The van der Waals surface area contributed by atoms with Crippen LogP contribution < -0.4 is 14.2 Å². The number of phenols is 1. The number of piperazine rings is 1. The van der Waals surface area contributed by atoms with Crippen LogP contribution in [-0.4, -0.2) is 60.0 Å². The second-order valence-electron chi connectivity index (χ2n) is 7.76. The van der Waals surface area contributed by atoms with Gasteiger partial charge in [-0.3, -0.25) is 9.80 Å². The van der Waals surface area contributed by atoms with Crippen molar-refractivity contribution in [3.05, 3.63) is 53.0 Å². The average Bonchev–Trinajstić information content (AvgIpc) is 3.45. The Hall–Kier alpha value is -2.81. The lowest BCUT2D eigenvalue weighted by Crippen LogP contribution is -2.45. The van der Waals surface area contributed by atoms with Gasteiger partial charge in [-0.1, -0.05) is 0 Å². The summed E-state index contributed by atoms with van der Waals surface area (Å²) in [5.41, 5.74) is 3.10. The highest BCUT2D eigenvalue weighted by Crippen LogP contribution is 2.38. The van der Waals surface area contributed by atoms with Crippen LogP contribution in [0.4, 0.5) is 0 Å². The number of aromatic nitrogens is 1. The number of hydrogen-bond acceptors (Lipinski definition) is 8. The number of fused-ring (bicyclic) bond motifs is 1. The standard InChI is InChI=1S/C23H25N3O4S/c1-28-19-4-2-16(3-5-19)23-24-18(14-31-23)13-26-8-6-25(7-9-26)12-17-10-21-22(11-20(17)27)30-15-29-21/h2-5,10-11,14,27H,6-9,12-13,15H2,1H3. The highest BCUT2D eigenvalue weighted by atomic mass is 32.1. The van der Waals surface area contributed by atoms with Crippen LogP contribution in [0.1, 0.15) is 11.3 Å². The molecule has 1 fully saturated rings. The average molecular weight is 440 g/mol. The van der Waals surface area contributed by atoms with E-state index in [2.05, 4.69) is 15.2 Å². The first-order valence-corrected chi connectivity index (χ1v) is 11.2. The molecule has 1 aromatic heterocycles. The zero-order valence-electron chi connectivity index (χ0n) is 17.4. The summed E-state index contributed by atoms with van der Waals surface area (Å²) in [6, 6.07) is 11.6. The largest absolute Gasteiger partial charge is 0.507 e. The van der Waals surface area contributed by atoms with E-state index in [1.807, 2.05) is 30.3 Å². The molecule has 1 N–H and O–H groups in total. The van der Waals surface area contributed by atoms with Gasteiger partial charge in [0.2, 0.25) is 6.79 Å². The summed E-state index contributed by atoms with van der Waals surface area (Å²) in [5.74, 6) is 2.44. The Morgan fingerprint density at radius 2 is 1.68 bits per heavy atom. The number of thiazole rings is 1. The van der Waals surface area contributed by atoms with E-state index in [1.54, 1.807) is 24.5 Å². The molecule has 0 aliphatic carbocycles. The Balaban J connectivity index is 1.15. The Morgan fingerprint density at radius 1 is 1.00 bits per heavy atom. The maximum absolute atomic E-state index is 10.3. The van der Waals surface area contributed by atoms with E-state index in [1.165, 1.54) is 0 Å². The SMILES string of the molecule is COc1ccc(-c2nc(CN3CCN(Cc4cc5c(cc4O)OCO5)CC3)cs2)cc1. The van der Waals surface area contributed by atoms with E-state index in [9.17, 15) is 5.11 Å². The van der Waals surface area contributed by atoms with Gasteiger partial charge in [-0.2, -0.15) is 0 Å². The summed E-state index contributed by atoms with van der Waals surface area (Å²) in [6.07, 6.45) is 0. The van der Waals surface area contributed by atoms with Crippen molar-refractivity contribution in [3.8, 4) is 33.6 Å². The predicted octanol–water partition coefficient (Wildman–Crippen LogP) is 3.57. The zero-order valence-corrected chi connectivity index (χ0v) is 18.2. The van der Waals surface area contributed by atoms with Crippen LogP contribution in [0.15, 0.2) is 41.8 Å². The van der Waals surface area contributed by atoms with Gasteiger partial charge < -0.3 is 19.3 Å². The zero-order chi connectivity index (χ0) is 21.2. The number of nitrogens with zero attached hydrogens (tertiary/aromatic N) is 3. The molecule has 2 aliphatic rings. The van der Waals surface area contributed by atoms with Crippen LogP contribution in [0.2, 0.25) is 0 Å². The van der Waals surface area contributed by atoms with Gasteiger partial charge in [0.25, 0.3) is 0 Å². The first kappa shape index (κ1) is 20.1. The molecule has 0 spiro atoms. The van der Waals surface area contributed by atoms with Crippen LogP contribution in [0, 0.1) is 0 Å². The number of methoxy groups -OCH3 is 1. The molecular formula is C23H25N3O4S. The quantitative estimate of drug-likeness (QED) is 0.630. The molecule has 2 aliphatic heterocycles. The Kier molecular flexibility index (Phi) is 5.67. The van der Waals surface area contributed by atoms with Crippen LogP contribution in [-0.2, 0) is 13.1 Å². The normalized spacial score (nSPS) is 16.5.